The van der Waals surface area contributed by atoms with Crippen molar-refractivity contribution in [2.24, 2.45) is 0 Å². The fourth-order valence-corrected chi connectivity index (χ4v) is 12.8. The van der Waals surface area contributed by atoms with Crippen LogP contribution >= 0.6 is 0 Å². The summed E-state index contributed by atoms with van der Waals surface area (Å²) in [6.45, 7) is 2.51. The van der Waals surface area contributed by atoms with Gasteiger partial charge in [-0.05, 0) is 48.5 Å². The first-order valence-electron chi connectivity index (χ1n) is 35.2. The number of hydrogen-bond acceptors (Lipinski definition) is 42. The lowest BCUT2D eigenvalue weighted by Crippen LogP contribution is -2.68. The van der Waals surface area contributed by atoms with E-state index in [-0.39, 0.29) is 46.2 Å². The summed E-state index contributed by atoms with van der Waals surface area (Å²) >= 11 is 0. The van der Waals surface area contributed by atoms with Gasteiger partial charge in [0.05, 0.1) is 135 Å². The van der Waals surface area contributed by atoms with E-state index in [1.165, 1.54) is 48.5 Å². The van der Waals surface area contributed by atoms with Gasteiger partial charge in [-0.1, -0.05) is 0 Å². The number of hydrogen-bond donors (Lipinski definition) is 21. The molecule has 14 bridgehead atoms. The Hall–Kier alpha value is -1.68. The van der Waals surface area contributed by atoms with Crippen LogP contribution in [-0.2, 0) is 99.5 Å². The maximum atomic E-state index is 12.1. The molecule has 0 aromatic rings. The van der Waals surface area contributed by atoms with Gasteiger partial charge in [-0.25, -0.2) is 0 Å². The molecule has 21 N–H and O–H groups in total. The molecular weight excluding hydrogens is 1430 g/mol. The minimum absolute atomic E-state index is 0.379. The molecule has 0 aromatic heterocycles. The van der Waals surface area contributed by atoms with Crippen LogP contribution < -0.4 is 0 Å². The molecule has 21 rings (SSSR count). The van der Waals surface area contributed by atoms with Crippen molar-refractivity contribution in [3.8, 4) is 0 Å². The maximum absolute atomic E-state index is 12.1. The largest absolute Gasteiger partial charge is 0.391 e. The van der Waals surface area contributed by atoms with Crippen LogP contribution in [0, 0.1) is 0 Å². The van der Waals surface area contributed by atoms with Crippen molar-refractivity contribution in [2.45, 2.75) is 306 Å². The van der Waals surface area contributed by atoms with Crippen molar-refractivity contribution in [3.63, 3.8) is 0 Å². The highest BCUT2D eigenvalue weighted by Crippen LogP contribution is 2.40. The molecule has 21 saturated heterocycles. The van der Waals surface area contributed by atoms with Crippen molar-refractivity contribution in [1.82, 2.24) is 0 Å². The van der Waals surface area contributed by atoms with Crippen LogP contribution in [0.25, 0.3) is 0 Å². The summed E-state index contributed by atoms with van der Waals surface area (Å²) < 4.78 is 126. The highest BCUT2D eigenvalue weighted by atomic mass is 16.8. The first-order chi connectivity index (χ1) is 49.6. The Labute approximate surface area is 603 Å². The van der Waals surface area contributed by atoms with E-state index in [0.717, 1.165) is 0 Å². The number of aliphatic hydroxyl groups excluding tert-OH is 21. The summed E-state index contributed by atoms with van der Waals surface area (Å²) in [6, 6.07) is 0. The minimum Gasteiger partial charge on any atom is -0.391 e. The zero-order chi connectivity index (χ0) is 77.0. The van der Waals surface area contributed by atoms with Gasteiger partial charge in [0, 0.05) is 0 Å². The molecule has 42 atom stereocenters. The Kier molecular flexibility index (Phi) is 35.0. The Morgan fingerprint density at radius 3 is 0.381 bits per heavy atom. The fourth-order valence-electron chi connectivity index (χ4n) is 12.8. The van der Waals surface area contributed by atoms with E-state index in [1.807, 2.05) is 0 Å². The lowest BCUT2D eigenvalue weighted by molar-refractivity contribution is -0.398. The van der Waals surface area contributed by atoms with Crippen LogP contribution in [0.1, 0.15) is 48.5 Å². The van der Waals surface area contributed by atoms with Gasteiger partial charge in [0.1, 0.15) is 171 Å². The summed E-state index contributed by atoms with van der Waals surface area (Å²) in [5, 5.41) is 240. The lowest BCUT2D eigenvalue weighted by atomic mass is 9.95. The van der Waals surface area contributed by atoms with Gasteiger partial charge in [0.2, 0.25) is 0 Å². The standard InChI is InChI=1S/C63H112O42/c1-22(64)8-85-15-29-50-36(71)43(78)57(92-29)100-51-30(16-86-9-23(2)65)94-59(45(80)38(51)73)102-53-32(18-88-11-25(4)67)96-61(47(82)40(53)75)104-55-34(20-90-13-27(6)69)98-63(49(84)42(55)77)105-56-35(21-91-14-28(7)70)97-62(48(83)41(56)76)103-54-33(19-89-12-26(5)68)95-60(46(81)39(54)74)101-52-31(17-87-10-24(3)66)93-58(99-50)44(79)37(52)72/h22-84H,8-21H2,1-7H3/t22?,23?,24?,25?,26?,27?,28?,29-,30-,31-,32-,33-,34-,35-,36+,37+,38+,39+,40+,41+,42+,43+,44+,45+,46+,47+,48+,49+,50-,51-,52-,53-,54-,55-,56-,57-,58-,59-,60-,61-,62-,63-/m1/s1. The molecule has 0 aromatic carbocycles. The van der Waals surface area contributed by atoms with Gasteiger partial charge in [-0.15, -0.1) is 0 Å². The summed E-state index contributed by atoms with van der Waals surface area (Å²) in [4.78, 5) is 0. The van der Waals surface area contributed by atoms with Crippen molar-refractivity contribution in [2.75, 3.05) is 92.5 Å². The Balaban J connectivity index is 1.20. The molecule has 0 saturated carbocycles. The molecule has 0 radical (unpaired) electrons. The second-order valence-electron chi connectivity index (χ2n) is 28.1. The monoisotopic (exact) mass is 1540 g/mol. The fraction of sp³-hybridized carbons (Fsp3) is 1.00. The summed E-state index contributed by atoms with van der Waals surface area (Å²) in [7, 11) is 0. The van der Waals surface area contributed by atoms with Crippen molar-refractivity contribution in [3.05, 3.63) is 0 Å². The molecule has 616 valence electrons. The Morgan fingerprint density at radius 2 is 0.286 bits per heavy atom. The SMILES string of the molecule is CC(O)COC[C@H]1O[C@@H]2O[C@H]3[C@@H](O)[C@H](O)[C@@H](O[C@H]4[C@@H](O)[C@H](O)[C@@H](O[C@H]5[C@@H](O)[C@H](O)[C@@H](O[C@H]6[C@@H](O)[C@H](O)[C@@H](O[C@H]7[C@@H](O)[C@H](O)[C@@H](O[C@H]8[C@@H](O)[C@H](O)[C@@H](O[C@H]1[C@@H](O)[C@@H]2O)O[C@@H]8COCC(C)O)O[C@@H]7COCC(C)O)O[C@@H]6COCC(C)O)O[C@@H]5COCC(C)O)O[C@@H]4COCC(C)O)O[C@@H]3COCC(C)O. The van der Waals surface area contributed by atoms with E-state index in [9.17, 15) is 107 Å². The van der Waals surface area contributed by atoms with Gasteiger partial charge in [0.25, 0.3) is 0 Å². The van der Waals surface area contributed by atoms with Crippen LogP contribution in [-0.4, -0.2) is 457 Å². The molecular formula is C63H112O42. The third-order valence-corrected chi connectivity index (χ3v) is 18.0. The Bertz CT molecular complexity index is 2000. The summed E-state index contributed by atoms with van der Waals surface area (Å²) in [6.07, 6.45) is -78.0. The van der Waals surface area contributed by atoms with Crippen LogP contribution in [0.4, 0.5) is 0 Å². The van der Waals surface area contributed by atoms with Gasteiger partial charge < -0.3 is 207 Å². The zero-order valence-corrected chi connectivity index (χ0v) is 59.1. The van der Waals surface area contributed by atoms with Crippen molar-refractivity contribution >= 4 is 0 Å². The first-order valence-corrected chi connectivity index (χ1v) is 35.2. The van der Waals surface area contributed by atoms with Crippen molar-refractivity contribution < 1.29 is 207 Å². The number of aliphatic hydroxyl groups is 21. The van der Waals surface area contributed by atoms with Gasteiger partial charge in [-0.3, -0.25) is 0 Å². The van der Waals surface area contributed by atoms with E-state index < -0.39 is 304 Å². The van der Waals surface area contributed by atoms with E-state index in [0.29, 0.717) is 0 Å². The zero-order valence-electron chi connectivity index (χ0n) is 59.1. The first kappa shape index (κ1) is 88.9. The predicted molar refractivity (Wildman–Crippen MR) is 336 cm³/mol. The third-order valence-electron chi connectivity index (χ3n) is 18.0. The molecule has 21 fully saturated rings. The topological polar surface area (TPSA) is 619 Å². The van der Waals surface area contributed by atoms with E-state index in [2.05, 4.69) is 0 Å². The normalized spacial score (nSPS) is 46.0. The van der Waals surface area contributed by atoms with E-state index in [1.54, 1.807) is 0 Å². The van der Waals surface area contributed by atoms with Crippen LogP contribution in [0.5, 0.6) is 0 Å². The smallest absolute Gasteiger partial charge is 0.187 e. The number of rotatable bonds is 28. The average Bonchev–Trinajstić information content (AvgIpc) is 0.785. The Morgan fingerprint density at radius 1 is 0.181 bits per heavy atom. The van der Waals surface area contributed by atoms with Gasteiger partial charge in [-0.2, -0.15) is 0 Å². The van der Waals surface area contributed by atoms with Gasteiger partial charge >= 0.3 is 0 Å². The predicted octanol–water partition coefficient (Wildman–Crippen LogP) is -12.4. The summed E-state index contributed by atoms with van der Waals surface area (Å²) in [5.41, 5.74) is 0. The maximum Gasteiger partial charge on any atom is 0.187 e. The molecule has 0 amide bonds. The van der Waals surface area contributed by atoms with Crippen LogP contribution in [0.15, 0.2) is 0 Å². The molecule has 21 aliphatic heterocycles. The summed E-state index contributed by atoms with van der Waals surface area (Å²) in [5.74, 6) is 0. The molecule has 0 spiro atoms. The highest BCUT2D eigenvalue weighted by Gasteiger charge is 2.60. The second-order valence-corrected chi connectivity index (χ2v) is 28.1. The molecule has 7 unspecified atom stereocenters. The minimum atomic E-state index is -2.24. The molecule has 105 heavy (non-hydrogen) atoms. The molecule has 42 nitrogen and oxygen atoms in total. The van der Waals surface area contributed by atoms with Gasteiger partial charge in [0.15, 0.2) is 44.0 Å². The quantitative estimate of drug-likeness (QED) is 0.0346. The average molecular weight is 1540 g/mol. The third kappa shape index (κ3) is 23.7. The molecule has 21 heterocycles. The van der Waals surface area contributed by atoms with E-state index >= 15 is 0 Å². The lowest BCUT2D eigenvalue weighted by Gasteiger charge is -2.50. The molecule has 0 aliphatic carbocycles. The number of ether oxygens (including phenoxy) is 21. The highest BCUT2D eigenvalue weighted by molar-refractivity contribution is 5.02. The van der Waals surface area contributed by atoms with Crippen LogP contribution in [0.2, 0.25) is 0 Å². The second kappa shape index (κ2) is 41.4. The van der Waals surface area contributed by atoms with E-state index in [4.69, 9.17) is 99.5 Å². The molecule has 21 aliphatic rings. The molecule has 42 heteroatoms. The van der Waals surface area contributed by atoms with Crippen LogP contribution in [0.3, 0.4) is 0 Å². The van der Waals surface area contributed by atoms with Crippen molar-refractivity contribution in [1.29, 1.82) is 0 Å².